The lowest BCUT2D eigenvalue weighted by Gasteiger charge is -2.30. The van der Waals surface area contributed by atoms with E-state index >= 15 is 0 Å². The molecule has 1 aliphatic heterocycles. The Hall–Kier alpha value is -3.92. The van der Waals surface area contributed by atoms with Crippen molar-refractivity contribution in [3.8, 4) is 5.75 Å². The predicted octanol–water partition coefficient (Wildman–Crippen LogP) is 2.69. The maximum Gasteiger partial charge on any atom is 0.270 e. The fourth-order valence-electron chi connectivity index (χ4n) is 3.86. The van der Waals surface area contributed by atoms with Crippen LogP contribution in [0, 0.1) is 10.1 Å². The first-order chi connectivity index (χ1) is 16.0. The number of methoxy groups -OCH3 is 1. The predicted molar refractivity (Wildman–Crippen MR) is 122 cm³/mol. The second kappa shape index (κ2) is 9.70. The van der Waals surface area contributed by atoms with Gasteiger partial charge in [-0.3, -0.25) is 14.9 Å². The van der Waals surface area contributed by atoms with Crippen LogP contribution in [0.5, 0.6) is 5.75 Å². The number of ether oxygens (including phenoxy) is 2. The Morgan fingerprint density at radius 3 is 2.55 bits per heavy atom. The zero-order valence-electron chi connectivity index (χ0n) is 18.4. The monoisotopic (exact) mass is 451 g/mol. The van der Waals surface area contributed by atoms with Crippen LogP contribution in [0.1, 0.15) is 27.8 Å². The molecule has 2 heterocycles. The Morgan fingerprint density at radius 1 is 1.21 bits per heavy atom. The average molecular weight is 451 g/mol. The van der Waals surface area contributed by atoms with Crippen LogP contribution in [-0.2, 0) is 11.8 Å². The Balaban J connectivity index is 1.72. The number of nitrogens with one attached hydrogen (secondary N) is 1. The molecule has 4 rings (SSSR count). The van der Waals surface area contributed by atoms with Crippen LogP contribution in [-0.4, -0.2) is 53.8 Å². The summed E-state index contributed by atoms with van der Waals surface area (Å²) in [6, 6.07) is 11.1. The van der Waals surface area contributed by atoms with Gasteiger partial charge >= 0.3 is 0 Å². The molecule has 1 unspecified atom stereocenters. The summed E-state index contributed by atoms with van der Waals surface area (Å²) in [6.45, 7) is 2.25. The number of nitro groups is 1. The van der Waals surface area contributed by atoms with Crippen molar-refractivity contribution in [3.05, 3.63) is 81.9 Å². The smallest absolute Gasteiger partial charge is 0.270 e. The van der Waals surface area contributed by atoms with Crippen molar-refractivity contribution >= 4 is 17.3 Å². The van der Waals surface area contributed by atoms with E-state index in [-0.39, 0.29) is 11.3 Å². The van der Waals surface area contributed by atoms with Crippen molar-refractivity contribution < 1.29 is 19.2 Å². The minimum atomic E-state index is -0.569. The van der Waals surface area contributed by atoms with Crippen LogP contribution in [0.2, 0.25) is 0 Å². The molecule has 1 aliphatic rings. The number of benzene rings is 2. The van der Waals surface area contributed by atoms with Gasteiger partial charge in [0.25, 0.3) is 11.6 Å². The van der Waals surface area contributed by atoms with E-state index in [9.17, 15) is 14.9 Å². The van der Waals surface area contributed by atoms with Gasteiger partial charge in [0.2, 0.25) is 0 Å². The van der Waals surface area contributed by atoms with Gasteiger partial charge in [-0.1, -0.05) is 12.1 Å². The molecule has 172 valence electrons. The number of rotatable bonds is 7. The highest BCUT2D eigenvalue weighted by Crippen LogP contribution is 2.29. The number of morpholine rings is 1. The minimum absolute atomic E-state index is 0.143. The van der Waals surface area contributed by atoms with Crippen LogP contribution in [0.3, 0.4) is 0 Å². The van der Waals surface area contributed by atoms with Crippen LogP contribution in [0.4, 0.5) is 11.4 Å². The van der Waals surface area contributed by atoms with E-state index in [0.717, 1.165) is 5.56 Å². The van der Waals surface area contributed by atoms with E-state index in [1.807, 2.05) is 40.8 Å². The van der Waals surface area contributed by atoms with Crippen molar-refractivity contribution in [1.29, 1.82) is 0 Å². The SMILES string of the molecule is COc1ccc(C(NC(=O)c2cc([N+](=O)[O-])ccc2N2CCOCC2)c2nccn2C)cc1. The Morgan fingerprint density at radius 2 is 1.94 bits per heavy atom. The molecule has 0 spiro atoms. The number of amides is 1. The van der Waals surface area contributed by atoms with Gasteiger partial charge in [-0.05, 0) is 23.8 Å². The highest BCUT2D eigenvalue weighted by atomic mass is 16.6. The van der Waals surface area contributed by atoms with Gasteiger partial charge in [0.15, 0.2) is 0 Å². The summed E-state index contributed by atoms with van der Waals surface area (Å²) in [5.41, 5.74) is 1.53. The maximum atomic E-state index is 13.5. The van der Waals surface area contributed by atoms with E-state index < -0.39 is 16.9 Å². The summed E-state index contributed by atoms with van der Waals surface area (Å²) in [5, 5.41) is 14.4. The van der Waals surface area contributed by atoms with E-state index in [0.29, 0.717) is 43.6 Å². The van der Waals surface area contributed by atoms with E-state index in [1.165, 1.54) is 12.1 Å². The first kappa shape index (κ1) is 22.3. The number of anilines is 1. The largest absolute Gasteiger partial charge is 0.497 e. The number of hydrogen-bond donors (Lipinski definition) is 1. The number of aromatic nitrogens is 2. The molecule has 0 aliphatic carbocycles. The molecule has 0 saturated carbocycles. The lowest BCUT2D eigenvalue weighted by molar-refractivity contribution is -0.384. The molecule has 2 aromatic carbocycles. The molecule has 1 saturated heterocycles. The molecular weight excluding hydrogens is 426 g/mol. The van der Waals surface area contributed by atoms with Gasteiger partial charge in [-0.15, -0.1) is 0 Å². The molecule has 1 atom stereocenters. The van der Waals surface area contributed by atoms with Crippen LogP contribution < -0.4 is 15.0 Å². The lowest BCUT2D eigenvalue weighted by Crippen LogP contribution is -2.38. The van der Waals surface area contributed by atoms with Crippen LogP contribution >= 0.6 is 0 Å². The number of carbonyl (C=O) groups excluding carboxylic acids is 1. The summed E-state index contributed by atoms with van der Waals surface area (Å²) in [6.07, 6.45) is 3.45. The highest BCUT2D eigenvalue weighted by molar-refractivity contribution is 6.01. The first-order valence-electron chi connectivity index (χ1n) is 10.5. The van der Waals surface area contributed by atoms with Crippen molar-refractivity contribution in [2.24, 2.45) is 7.05 Å². The van der Waals surface area contributed by atoms with Gasteiger partial charge in [0.05, 0.1) is 36.5 Å². The number of aryl methyl sites for hydroxylation is 1. The van der Waals surface area contributed by atoms with Crippen molar-refractivity contribution in [1.82, 2.24) is 14.9 Å². The average Bonchev–Trinajstić information content (AvgIpc) is 3.28. The third kappa shape index (κ3) is 4.80. The van der Waals surface area contributed by atoms with Crippen LogP contribution in [0.25, 0.3) is 0 Å². The molecule has 0 bridgehead atoms. The fraction of sp³-hybridized carbons (Fsp3) is 0.304. The molecule has 0 radical (unpaired) electrons. The fourth-order valence-corrected chi connectivity index (χ4v) is 3.86. The second-order valence-electron chi connectivity index (χ2n) is 7.63. The first-order valence-corrected chi connectivity index (χ1v) is 10.5. The van der Waals surface area contributed by atoms with Gasteiger partial charge in [0.1, 0.15) is 17.6 Å². The van der Waals surface area contributed by atoms with Gasteiger partial charge in [-0.2, -0.15) is 0 Å². The summed E-state index contributed by atoms with van der Waals surface area (Å²) in [5.74, 6) is 0.896. The number of hydrogen-bond acceptors (Lipinski definition) is 7. The second-order valence-corrected chi connectivity index (χ2v) is 7.63. The van der Waals surface area contributed by atoms with Gasteiger partial charge in [0, 0.05) is 44.7 Å². The van der Waals surface area contributed by atoms with E-state index in [4.69, 9.17) is 9.47 Å². The lowest BCUT2D eigenvalue weighted by atomic mass is 10.0. The van der Waals surface area contributed by atoms with Crippen molar-refractivity contribution in [2.45, 2.75) is 6.04 Å². The van der Waals surface area contributed by atoms with Crippen molar-refractivity contribution in [3.63, 3.8) is 0 Å². The van der Waals surface area contributed by atoms with Crippen molar-refractivity contribution in [2.75, 3.05) is 38.3 Å². The third-order valence-corrected chi connectivity index (χ3v) is 5.63. The zero-order chi connectivity index (χ0) is 23.4. The molecule has 1 aromatic heterocycles. The summed E-state index contributed by atoms with van der Waals surface area (Å²) >= 11 is 0. The van der Waals surface area contributed by atoms with Crippen LogP contribution in [0.15, 0.2) is 54.9 Å². The van der Waals surface area contributed by atoms with Gasteiger partial charge in [-0.25, -0.2) is 4.98 Å². The summed E-state index contributed by atoms with van der Waals surface area (Å²) in [4.78, 5) is 30.9. The minimum Gasteiger partial charge on any atom is -0.497 e. The highest BCUT2D eigenvalue weighted by Gasteiger charge is 2.26. The number of nitro benzene ring substituents is 1. The summed E-state index contributed by atoms with van der Waals surface area (Å²) < 4.78 is 12.5. The third-order valence-electron chi connectivity index (χ3n) is 5.63. The van der Waals surface area contributed by atoms with Gasteiger partial charge < -0.3 is 24.3 Å². The number of imidazole rings is 1. The Kier molecular flexibility index (Phi) is 6.55. The molecule has 10 nitrogen and oxygen atoms in total. The van der Waals surface area contributed by atoms with E-state index in [2.05, 4.69) is 10.3 Å². The topological polar surface area (TPSA) is 112 Å². The molecule has 33 heavy (non-hydrogen) atoms. The Bertz CT molecular complexity index is 1140. The number of nitrogens with zero attached hydrogens (tertiary/aromatic N) is 4. The molecule has 10 heteroatoms. The molecule has 1 fully saturated rings. The quantitative estimate of drug-likeness (QED) is 0.434. The molecule has 3 aromatic rings. The number of carbonyl (C=O) groups is 1. The Labute approximate surface area is 190 Å². The zero-order valence-corrected chi connectivity index (χ0v) is 18.4. The normalized spacial score (nSPS) is 14.5. The summed E-state index contributed by atoms with van der Waals surface area (Å²) in [7, 11) is 3.43. The standard InChI is InChI=1S/C23H25N5O5/c1-26-10-9-24-22(26)21(16-3-6-18(32-2)7-4-16)25-23(29)19-15-17(28(30)31)5-8-20(19)27-11-13-33-14-12-27/h3-10,15,21H,11-14H2,1-2H3,(H,25,29). The molecule has 1 N–H and O–H groups in total. The molecule has 1 amide bonds. The molecular formula is C23H25N5O5. The maximum absolute atomic E-state index is 13.5. The van der Waals surface area contributed by atoms with E-state index in [1.54, 1.807) is 25.6 Å². The number of non-ortho nitro benzene ring substituents is 1.